The van der Waals surface area contributed by atoms with Crippen molar-refractivity contribution in [3.8, 4) is 0 Å². The van der Waals surface area contributed by atoms with Crippen LogP contribution in [0.4, 0.5) is 10.1 Å². The first-order chi connectivity index (χ1) is 6.13. The summed E-state index contributed by atoms with van der Waals surface area (Å²) in [7, 11) is 1.99. The summed E-state index contributed by atoms with van der Waals surface area (Å²) < 4.78 is 13.0. The van der Waals surface area contributed by atoms with E-state index in [1.54, 1.807) is 6.07 Å². The molecule has 0 bridgehead atoms. The van der Waals surface area contributed by atoms with Gasteiger partial charge in [0.15, 0.2) is 0 Å². The first-order valence-electron chi connectivity index (χ1n) is 4.36. The van der Waals surface area contributed by atoms with Gasteiger partial charge in [0.25, 0.3) is 0 Å². The van der Waals surface area contributed by atoms with Crippen LogP contribution in [0.2, 0.25) is 0 Å². The quantitative estimate of drug-likeness (QED) is 0.723. The Hall–Kier alpha value is -1.09. The van der Waals surface area contributed by atoms with Crippen LogP contribution in [0.3, 0.4) is 0 Å². The Morgan fingerprint density at radius 1 is 1.46 bits per heavy atom. The second-order valence-electron chi connectivity index (χ2n) is 3.19. The summed E-state index contributed by atoms with van der Waals surface area (Å²) in [5.74, 6) is -0.331. The lowest BCUT2D eigenvalue weighted by atomic mass is 10.2. The molecule has 0 spiro atoms. The number of hydrogen-bond acceptors (Lipinski definition) is 2. The highest BCUT2D eigenvalue weighted by molar-refractivity contribution is 5.41. The summed E-state index contributed by atoms with van der Waals surface area (Å²) in [5, 5.41) is 0. The normalized spacial score (nSPS) is 10.8. The zero-order valence-electron chi connectivity index (χ0n) is 8.05. The van der Waals surface area contributed by atoms with Crippen LogP contribution in [0, 0.1) is 5.82 Å². The van der Waals surface area contributed by atoms with Gasteiger partial charge < -0.3 is 10.6 Å². The van der Waals surface area contributed by atoms with Crippen molar-refractivity contribution < 1.29 is 4.39 Å². The molecule has 0 amide bonds. The number of nitrogens with zero attached hydrogens (tertiary/aromatic N) is 1. The molecule has 0 aromatic heterocycles. The van der Waals surface area contributed by atoms with Crippen molar-refractivity contribution in [2.75, 3.05) is 19.3 Å². The SMILES string of the molecule is CCN(C)Cc1ccc(N)c(F)c1. The lowest BCUT2D eigenvalue weighted by molar-refractivity contribution is 0.345. The minimum atomic E-state index is -0.331. The maximum absolute atomic E-state index is 13.0. The van der Waals surface area contributed by atoms with Crippen molar-refractivity contribution in [3.05, 3.63) is 29.6 Å². The average molecular weight is 182 g/mol. The molecule has 0 saturated heterocycles. The predicted octanol–water partition coefficient (Wildman–Crippen LogP) is 1.86. The molecule has 0 atom stereocenters. The lowest BCUT2D eigenvalue weighted by Crippen LogP contribution is -2.16. The molecule has 0 aliphatic carbocycles. The number of benzene rings is 1. The molecule has 1 rings (SSSR count). The number of hydrogen-bond donors (Lipinski definition) is 1. The van der Waals surface area contributed by atoms with E-state index in [4.69, 9.17) is 5.73 Å². The largest absolute Gasteiger partial charge is 0.396 e. The molecule has 1 aromatic rings. The molecule has 0 radical (unpaired) electrons. The van der Waals surface area contributed by atoms with Gasteiger partial charge in [-0.15, -0.1) is 0 Å². The molecule has 72 valence electrons. The first kappa shape index (κ1) is 9.99. The van der Waals surface area contributed by atoms with E-state index in [1.807, 2.05) is 13.1 Å². The minimum Gasteiger partial charge on any atom is -0.396 e. The molecular formula is C10H15FN2. The zero-order valence-corrected chi connectivity index (χ0v) is 8.05. The Morgan fingerprint density at radius 2 is 2.15 bits per heavy atom. The molecule has 0 saturated carbocycles. The second kappa shape index (κ2) is 4.23. The van der Waals surface area contributed by atoms with Gasteiger partial charge in [0.1, 0.15) is 5.82 Å². The summed E-state index contributed by atoms with van der Waals surface area (Å²) in [4.78, 5) is 2.10. The highest BCUT2D eigenvalue weighted by Gasteiger charge is 2.01. The van der Waals surface area contributed by atoms with E-state index < -0.39 is 0 Å². The summed E-state index contributed by atoms with van der Waals surface area (Å²) in [6.45, 7) is 3.77. The fourth-order valence-corrected chi connectivity index (χ4v) is 1.09. The highest BCUT2D eigenvalue weighted by Crippen LogP contribution is 2.12. The topological polar surface area (TPSA) is 29.3 Å². The van der Waals surface area contributed by atoms with Crippen LogP contribution >= 0.6 is 0 Å². The van der Waals surface area contributed by atoms with Crippen molar-refractivity contribution >= 4 is 5.69 Å². The van der Waals surface area contributed by atoms with Crippen LogP contribution in [-0.2, 0) is 6.54 Å². The monoisotopic (exact) mass is 182 g/mol. The van der Waals surface area contributed by atoms with Gasteiger partial charge in [0.2, 0.25) is 0 Å². The van der Waals surface area contributed by atoms with E-state index in [0.29, 0.717) is 0 Å². The van der Waals surface area contributed by atoms with Gasteiger partial charge in [-0.05, 0) is 31.3 Å². The van der Waals surface area contributed by atoms with Crippen molar-refractivity contribution in [1.29, 1.82) is 0 Å². The molecule has 2 nitrogen and oxygen atoms in total. The van der Waals surface area contributed by atoms with Crippen LogP contribution in [0.25, 0.3) is 0 Å². The smallest absolute Gasteiger partial charge is 0.146 e. The van der Waals surface area contributed by atoms with Gasteiger partial charge in [0.05, 0.1) is 5.69 Å². The van der Waals surface area contributed by atoms with Crippen LogP contribution < -0.4 is 5.73 Å². The molecule has 1 aromatic carbocycles. The molecule has 0 fully saturated rings. The first-order valence-corrected chi connectivity index (χ1v) is 4.36. The molecule has 13 heavy (non-hydrogen) atoms. The maximum atomic E-state index is 13.0. The lowest BCUT2D eigenvalue weighted by Gasteiger charge is -2.13. The highest BCUT2D eigenvalue weighted by atomic mass is 19.1. The van der Waals surface area contributed by atoms with Crippen LogP contribution in [-0.4, -0.2) is 18.5 Å². The van der Waals surface area contributed by atoms with Gasteiger partial charge in [-0.3, -0.25) is 0 Å². The van der Waals surface area contributed by atoms with Crippen molar-refractivity contribution in [2.24, 2.45) is 0 Å². The van der Waals surface area contributed by atoms with Gasteiger partial charge in [-0.2, -0.15) is 0 Å². The van der Waals surface area contributed by atoms with Gasteiger partial charge >= 0.3 is 0 Å². The third kappa shape index (κ3) is 2.70. The summed E-state index contributed by atoms with van der Waals surface area (Å²) >= 11 is 0. The molecular weight excluding hydrogens is 167 g/mol. The Bertz CT molecular complexity index is 286. The third-order valence-corrected chi connectivity index (χ3v) is 2.06. The fourth-order valence-electron chi connectivity index (χ4n) is 1.09. The third-order valence-electron chi connectivity index (χ3n) is 2.06. The van der Waals surface area contributed by atoms with E-state index in [-0.39, 0.29) is 11.5 Å². The van der Waals surface area contributed by atoms with Crippen LogP contribution in [0.15, 0.2) is 18.2 Å². The Kier molecular flexibility index (Phi) is 3.25. The summed E-state index contributed by atoms with van der Waals surface area (Å²) in [6.07, 6.45) is 0. The standard InChI is InChI=1S/C10H15FN2/c1-3-13(2)7-8-4-5-10(12)9(11)6-8/h4-6H,3,7,12H2,1-2H3. The molecule has 0 aliphatic rings. The average Bonchev–Trinajstić information content (AvgIpc) is 2.11. The fraction of sp³-hybridized carbons (Fsp3) is 0.400. The Balaban J connectivity index is 2.73. The van der Waals surface area contributed by atoms with E-state index >= 15 is 0 Å². The van der Waals surface area contributed by atoms with Crippen LogP contribution in [0.5, 0.6) is 0 Å². The van der Waals surface area contributed by atoms with E-state index in [1.165, 1.54) is 6.07 Å². The number of nitrogens with two attached hydrogens (primary N) is 1. The van der Waals surface area contributed by atoms with Crippen molar-refractivity contribution in [3.63, 3.8) is 0 Å². The predicted molar refractivity (Wildman–Crippen MR) is 52.8 cm³/mol. The van der Waals surface area contributed by atoms with Crippen molar-refractivity contribution in [1.82, 2.24) is 4.90 Å². The number of nitrogen functional groups attached to an aromatic ring is 1. The molecule has 0 unspecified atom stereocenters. The molecule has 0 heterocycles. The Labute approximate surface area is 78.2 Å². The Morgan fingerprint density at radius 3 is 2.69 bits per heavy atom. The minimum absolute atomic E-state index is 0.211. The van der Waals surface area contributed by atoms with Gasteiger partial charge in [-0.25, -0.2) is 4.39 Å². The van der Waals surface area contributed by atoms with Crippen LogP contribution in [0.1, 0.15) is 12.5 Å². The number of rotatable bonds is 3. The van der Waals surface area contributed by atoms with Gasteiger partial charge in [0, 0.05) is 6.54 Å². The molecule has 3 heteroatoms. The number of anilines is 1. The van der Waals surface area contributed by atoms with E-state index in [9.17, 15) is 4.39 Å². The second-order valence-corrected chi connectivity index (χ2v) is 3.19. The van der Waals surface area contributed by atoms with Crippen molar-refractivity contribution in [2.45, 2.75) is 13.5 Å². The van der Waals surface area contributed by atoms with E-state index in [2.05, 4.69) is 11.8 Å². The molecule has 0 aliphatic heterocycles. The molecule has 2 N–H and O–H groups in total. The summed E-state index contributed by atoms with van der Waals surface area (Å²) in [5.41, 5.74) is 6.53. The number of halogens is 1. The summed E-state index contributed by atoms with van der Waals surface area (Å²) in [6, 6.07) is 4.94. The van der Waals surface area contributed by atoms with Gasteiger partial charge in [-0.1, -0.05) is 13.0 Å². The maximum Gasteiger partial charge on any atom is 0.146 e. The zero-order chi connectivity index (χ0) is 9.84. The van der Waals surface area contributed by atoms with E-state index in [0.717, 1.165) is 18.7 Å².